The SMILES string of the molecule is COc1ccc(CCNC(=O)CC2CN(C(=O)OCc3ccccc3)CCN2c2cc(C)nc(-n3ccnc3)n2)cc1. The van der Waals surface area contributed by atoms with Crippen molar-refractivity contribution in [1.29, 1.82) is 0 Å². The molecule has 1 fully saturated rings. The highest BCUT2D eigenvalue weighted by atomic mass is 16.6. The Bertz CT molecular complexity index is 1460. The number of rotatable bonds is 10. The number of amides is 2. The molecule has 2 aromatic heterocycles. The lowest BCUT2D eigenvalue weighted by atomic mass is 10.1. The van der Waals surface area contributed by atoms with Gasteiger partial charge in [-0.25, -0.2) is 14.8 Å². The molecule has 0 aliphatic carbocycles. The monoisotopic (exact) mass is 569 g/mol. The second-order valence-corrected chi connectivity index (χ2v) is 10.1. The van der Waals surface area contributed by atoms with Crippen LogP contribution in [-0.4, -0.2) is 75.8 Å². The number of nitrogens with one attached hydrogen (secondary N) is 1. The molecule has 2 amide bonds. The van der Waals surface area contributed by atoms with Crippen LogP contribution in [0.2, 0.25) is 0 Å². The summed E-state index contributed by atoms with van der Waals surface area (Å²) >= 11 is 0. The van der Waals surface area contributed by atoms with Crippen LogP contribution in [0.3, 0.4) is 0 Å². The molecule has 11 heteroatoms. The molecule has 11 nitrogen and oxygen atoms in total. The molecule has 42 heavy (non-hydrogen) atoms. The van der Waals surface area contributed by atoms with Gasteiger partial charge in [0.15, 0.2) is 0 Å². The number of piperazine rings is 1. The Kier molecular flexibility index (Phi) is 9.27. The molecule has 3 heterocycles. The Morgan fingerprint density at radius 3 is 2.57 bits per heavy atom. The topological polar surface area (TPSA) is 115 Å². The lowest BCUT2D eigenvalue weighted by Crippen LogP contribution is -2.56. The second kappa shape index (κ2) is 13.6. The van der Waals surface area contributed by atoms with E-state index in [0.717, 1.165) is 22.6 Å². The zero-order chi connectivity index (χ0) is 29.3. The smallest absolute Gasteiger partial charge is 0.410 e. The van der Waals surface area contributed by atoms with Gasteiger partial charge in [-0.15, -0.1) is 0 Å². The normalized spacial score (nSPS) is 14.9. The van der Waals surface area contributed by atoms with Crippen LogP contribution < -0.4 is 15.0 Å². The van der Waals surface area contributed by atoms with Crippen molar-refractivity contribution in [3.05, 3.63) is 96.2 Å². The first kappa shape index (κ1) is 28.6. The summed E-state index contributed by atoms with van der Waals surface area (Å²) < 4.78 is 12.6. The van der Waals surface area contributed by atoms with Crippen molar-refractivity contribution in [1.82, 2.24) is 29.7 Å². The number of nitrogens with zero attached hydrogens (tertiary/aromatic N) is 6. The summed E-state index contributed by atoms with van der Waals surface area (Å²) in [4.78, 5) is 43.4. The fourth-order valence-corrected chi connectivity index (χ4v) is 4.91. The van der Waals surface area contributed by atoms with Crippen LogP contribution in [0.1, 0.15) is 23.2 Å². The number of methoxy groups -OCH3 is 1. The number of aryl methyl sites for hydroxylation is 1. The van der Waals surface area contributed by atoms with Gasteiger partial charge in [-0.2, -0.15) is 4.98 Å². The van der Waals surface area contributed by atoms with Crippen molar-refractivity contribution in [3.8, 4) is 11.7 Å². The third kappa shape index (κ3) is 7.42. The van der Waals surface area contributed by atoms with Gasteiger partial charge >= 0.3 is 6.09 Å². The largest absolute Gasteiger partial charge is 0.497 e. The van der Waals surface area contributed by atoms with Crippen molar-refractivity contribution in [2.24, 2.45) is 0 Å². The minimum absolute atomic E-state index is 0.0985. The van der Waals surface area contributed by atoms with E-state index in [-0.39, 0.29) is 25.0 Å². The number of carbonyl (C=O) groups excluding carboxylic acids is 2. The predicted octanol–water partition coefficient (Wildman–Crippen LogP) is 3.56. The molecular weight excluding hydrogens is 534 g/mol. The summed E-state index contributed by atoms with van der Waals surface area (Å²) in [7, 11) is 1.63. The Morgan fingerprint density at radius 2 is 1.83 bits per heavy atom. The quantitative estimate of drug-likeness (QED) is 0.308. The zero-order valence-electron chi connectivity index (χ0n) is 23.8. The molecule has 0 saturated carbocycles. The highest BCUT2D eigenvalue weighted by molar-refractivity contribution is 5.77. The molecule has 4 aromatic rings. The number of imidazole rings is 1. The Labute approximate surface area is 245 Å². The van der Waals surface area contributed by atoms with Crippen LogP contribution in [0.4, 0.5) is 10.6 Å². The van der Waals surface area contributed by atoms with E-state index < -0.39 is 6.09 Å². The van der Waals surface area contributed by atoms with Crippen molar-refractivity contribution >= 4 is 17.8 Å². The lowest BCUT2D eigenvalue weighted by Gasteiger charge is -2.41. The number of benzene rings is 2. The van der Waals surface area contributed by atoms with Gasteiger partial charge in [-0.05, 0) is 36.6 Å². The molecule has 0 bridgehead atoms. The van der Waals surface area contributed by atoms with Crippen molar-refractivity contribution in [3.63, 3.8) is 0 Å². The molecule has 1 N–H and O–H groups in total. The standard InChI is InChI=1S/C31H35N7O4/c1-23-18-28(35-30(34-23)37-15-14-32-22-37)38-17-16-36(31(40)42-21-25-6-4-3-5-7-25)20-26(38)19-29(39)33-13-12-24-8-10-27(41-2)11-9-24/h3-11,14-15,18,22,26H,12-13,16-17,19-21H2,1-2H3,(H,33,39). The van der Waals surface area contributed by atoms with Gasteiger partial charge in [0.2, 0.25) is 11.9 Å². The fraction of sp³-hybridized carbons (Fsp3) is 0.323. The number of aromatic nitrogens is 4. The number of hydrogen-bond acceptors (Lipinski definition) is 8. The number of carbonyl (C=O) groups is 2. The minimum Gasteiger partial charge on any atom is -0.497 e. The van der Waals surface area contributed by atoms with Crippen molar-refractivity contribution in [2.75, 3.05) is 38.2 Å². The van der Waals surface area contributed by atoms with Gasteiger partial charge in [0.25, 0.3) is 0 Å². The van der Waals surface area contributed by atoms with Crippen molar-refractivity contribution in [2.45, 2.75) is 32.4 Å². The third-order valence-corrected chi connectivity index (χ3v) is 7.12. The maximum atomic E-state index is 13.1. The predicted molar refractivity (Wildman–Crippen MR) is 158 cm³/mol. The summed E-state index contributed by atoms with van der Waals surface area (Å²) in [5, 5.41) is 3.04. The molecule has 218 valence electrons. The summed E-state index contributed by atoms with van der Waals surface area (Å²) in [6.45, 7) is 3.84. The average molecular weight is 570 g/mol. The molecule has 0 spiro atoms. The zero-order valence-corrected chi connectivity index (χ0v) is 23.8. The molecule has 1 unspecified atom stereocenters. The van der Waals surface area contributed by atoms with E-state index in [1.165, 1.54) is 0 Å². The van der Waals surface area contributed by atoms with Gasteiger partial charge in [-0.1, -0.05) is 42.5 Å². The van der Waals surface area contributed by atoms with E-state index in [9.17, 15) is 9.59 Å². The first-order valence-electron chi connectivity index (χ1n) is 13.9. The number of anilines is 1. The average Bonchev–Trinajstić information content (AvgIpc) is 3.56. The van der Waals surface area contributed by atoms with Gasteiger partial charge in [0, 0.05) is 56.8 Å². The van der Waals surface area contributed by atoms with Gasteiger partial charge in [-0.3, -0.25) is 9.36 Å². The van der Waals surface area contributed by atoms with E-state index in [1.54, 1.807) is 35.3 Å². The van der Waals surface area contributed by atoms with Gasteiger partial charge < -0.3 is 24.6 Å². The van der Waals surface area contributed by atoms with Crippen LogP contribution >= 0.6 is 0 Å². The molecule has 5 rings (SSSR count). The second-order valence-electron chi connectivity index (χ2n) is 10.1. The summed E-state index contributed by atoms with van der Waals surface area (Å²) in [6.07, 6.45) is 5.58. The first-order chi connectivity index (χ1) is 20.5. The van der Waals surface area contributed by atoms with E-state index in [1.807, 2.05) is 67.6 Å². The van der Waals surface area contributed by atoms with E-state index >= 15 is 0 Å². The number of ether oxygens (including phenoxy) is 2. The first-order valence-corrected chi connectivity index (χ1v) is 13.9. The molecule has 1 saturated heterocycles. The van der Waals surface area contributed by atoms with E-state index in [4.69, 9.17) is 14.5 Å². The van der Waals surface area contributed by atoms with Crippen LogP contribution in [0, 0.1) is 6.92 Å². The number of hydrogen-bond donors (Lipinski definition) is 1. The van der Waals surface area contributed by atoms with E-state index in [2.05, 4.69) is 20.2 Å². The minimum atomic E-state index is -0.401. The van der Waals surface area contributed by atoms with Crippen LogP contribution in [0.15, 0.2) is 79.4 Å². The van der Waals surface area contributed by atoms with Crippen LogP contribution in [-0.2, 0) is 22.6 Å². The molecule has 1 aliphatic heterocycles. The maximum Gasteiger partial charge on any atom is 0.410 e. The Morgan fingerprint density at radius 1 is 1.02 bits per heavy atom. The summed E-state index contributed by atoms with van der Waals surface area (Å²) in [5.74, 6) is 1.89. The Balaban J connectivity index is 1.27. The molecule has 1 aliphatic rings. The molecule has 1 atom stereocenters. The summed E-state index contributed by atoms with van der Waals surface area (Å²) in [5.41, 5.74) is 2.81. The molecule has 2 aromatic carbocycles. The van der Waals surface area contributed by atoms with Gasteiger partial charge in [0.05, 0.1) is 13.2 Å². The highest BCUT2D eigenvalue weighted by Crippen LogP contribution is 2.23. The Hall–Kier alpha value is -4.93. The van der Waals surface area contributed by atoms with Gasteiger partial charge in [0.1, 0.15) is 24.5 Å². The molecule has 0 radical (unpaired) electrons. The van der Waals surface area contributed by atoms with E-state index in [0.29, 0.717) is 44.4 Å². The molecular formula is C31H35N7O4. The maximum absolute atomic E-state index is 13.1. The summed E-state index contributed by atoms with van der Waals surface area (Å²) in [6, 6.07) is 19.0. The lowest BCUT2D eigenvalue weighted by molar-refractivity contribution is -0.121. The van der Waals surface area contributed by atoms with Crippen LogP contribution in [0.25, 0.3) is 5.95 Å². The third-order valence-electron chi connectivity index (χ3n) is 7.12. The van der Waals surface area contributed by atoms with Crippen LogP contribution in [0.5, 0.6) is 5.75 Å². The fourth-order valence-electron chi connectivity index (χ4n) is 4.91. The highest BCUT2D eigenvalue weighted by Gasteiger charge is 2.33. The van der Waals surface area contributed by atoms with Crippen molar-refractivity contribution < 1.29 is 19.1 Å².